The van der Waals surface area contributed by atoms with Crippen molar-refractivity contribution in [3.05, 3.63) is 16.1 Å². The monoisotopic (exact) mass is 268 g/mol. The minimum atomic E-state index is -1.10. The third-order valence-corrected chi connectivity index (χ3v) is 4.21. The number of carbonyl (C=O) groups excluding carboxylic acids is 1. The molecule has 6 heteroatoms. The Balaban J connectivity index is 2.30. The first-order chi connectivity index (χ1) is 8.45. The van der Waals surface area contributed by atoms with Crippen LogP contribution >= 0.6 is 11.3 Å². The van der Waals surface area contributed by atoms with Gasteiger partial charge in [-0.2, -0.15) is 0 Å². The molecule has 2 rings (SSSR count). The molecular formula is C12H16N2O3S. The molecule has 0 bridgehead atoms. The summed E-state index contributed by atoms with van der Waals surface area (Å²) in [4.78, 5) is 29.4. The van der Waals surface area contributed by atoms with Crippen LogP contribution < -0.4 is 0 Å². The Morgan fingerprint density at radius 3 is 2.78 bits per heavy atom. The number of nitrogens with zero attached hydrogens (tertiary/aromatic N) is 2. The number of aliphatic carboxylic acids is 1. The van der Waals surface area contributed by atoms with Crippen LogP contribution in [0.25, 0.3) is 0 Å². The Hall–Kier alpha value is -1.43. The molecule has 0 aliphatic carbocycles. The molecule has 0 aromatic carbocycles. The fraction of sp³-hybridized carbons (Fsp3) is 0.583. The minimum Gasteiger partial charge on any atom is -0.480 e. The second-order valence-electron chi connectivity index (χ2n) is 4.74. The highest BCUT2D eigenvalue weighted by molar-refractivity contribution is 7.09. The van der Waals surface area contributed by atoms with E-state index in [0.29, 0.717) is 18.7 Å². The summed E-state index contributed by atoms with van der Waals surface area (Å²) in [7, 11) is 0. The summed E-state index contributed by atoms with van der Waals surface area (Å²) >= 11 is 1.40. The lowest BCUT2D eigenvalue weighted by Gasteiger charge is -2.41. The van der Waals surface area contributed by atoms with Gasteiger partial charge in [0, 0.05) is 11.9 Å². The molecule has 1 N–H and O–H groups in total. The minimum absolute atomic E-state index is 0.274. The van der Waals surface area contributed by atoms with E-state index in [4.69, 9.17) is 0 Å². The number of aromatic nitrogens is 1. The van der Waals surface area contributed by atoms with Crippen molar-refractivity contribution in [2.24, 2.45) is 0 Å². The van der Waals surface area contributed by atoms with E-state index in [-0.39, 0.29) is 5.91 Å². The van der Waals surface area contributed by atoms with Crippen LogP contribution in [-0.4, -0.2) is 39.0 Å². The molecule has 98 valence electrons. The Morgan fingerprint density at radius 2 is 2.22 bits per heavy atom. The molecule has 1 saturated heterocycles. The zero-order valence-corrected chi connectivity index (χ0v) is 11.3. The van der Waals surface area contributed by atoms with E-state index in [0.717, 1.165) is 17.8 Å². The van der Waals surface area contributed by atoms with Gasteiger partial charge < -0.3 is 10.0 Å². The summed E-state index contributed by atoms with van der Waals surface area (Å²) in [5.74, 6) is -1.22. The Kier molecular flexibility index (Phi) is 3.38. The van der Waals surface area contributed by atoms with Gasteiger partial charge in [-0.05, 0) is 33.1 Å². The predicted octanol–water partition coefficient (Wildman–Crippen LogP) is 1.92. The lowest BCUT2D eigenvalue weighted by atomic mass is 9.88. The van der Waals surface area contributed by atoms with Crippen LogP contribution in [0.2, 0.25) is 0 Å². The van der Waals surface area contributed by atoms with Crippen molar-refractivity contribution in [3.8, 4) is 0 Å². The molecule has 1 unspecified atom stereocenters. The average Bonchev–Trinajstić information content (AvgIpc) is 2.75. The smallest absolute Gasteiger partial charge is 0.329 e. The molecule has 0 saturated carbocycles. The van der Waals surface area contributed by atoms with Crippen molar-refractivity contribution >= 4 is 23.2 Å². The maximum absolute atomic E-state index is 12.3. The van der Waals surface area contributed by atoms with Gasteiger partial charge in [-0.3, -0.25) is 4.79 Å². The van der Waals surface area contributed by atoms with Crippen LogP contribution in [0.4, 0.5) is 0 Å². The van der Waals surface area contributed by atoms with E-state index < -0.39 is 11.5 Å². The van der Waals surface area contributed by atoms with E-state index in [9.17, 15) is 14.7 Å². The van der Waals surface area contributed by atoms with Gasteiger partial charge >= 0.3 is 5.97 Å². The summed E-state index contributed by atoms with van der Waals surface area (Å²) in [5.41, 5.74) is -0.751. The lowest BCUT2D eigenvalue weighted by Crippen LogP contribution is -2.57. The molecule has 1 atom stereocenters. The highest BCUT2D eigenvalue weighted by Crippen LogP contribution is 2.29. The fourth-order valence-electron chi connectivity index (χ4n) is 2.27. The summed E-state index contributed by atoms with van der Waals surface area (Å²) in [6.45, 7) is 3.93. The molecule has 1 aromatic rings. The highest BCUT2D eigenvalue weighted by atomic mass is 32.1. The Bertz CT molecular complexity index is 485. The number of hydrogen-bond acceptors (Lipinski definition) is 4. The number of thiazole rings is 1. The van der Waals surface area contributed by atoms with Crippen LogP contribution in [0.5, 0.6) is 0 Å². The van der Waals surface area contributed by atoms with E-state index in [1.54, 1.807) is 12.3 Å². The molecule has 0 spiro atoms. The van der Waals surface area contributed by atoms with Gasteiger partial charge in [-0.25, -0.2) is 9.78 Å². The van der Waals surface area contributed by atoms with Gasteiger partial charge in [0.2, 0.25) is 0 Å². The molecule has 5 nitrogen and oxygen atoms in total. The van der Waals surface area contributed by atoms with Crippen molar-refractivity contribution in [1.82, 2.24) is 9.88 Å². The molecule has 1 amide bonds. The standard InChI is InChI=1S/C12H16N2O3S/c1-8-13-9(7-18-8)10(15)14-6-4-3-5-12(14,2)11(16)17/h7H,3-6H2,1-2H3,(H,16,17). The molecule has 2 heterocycles. The first kappa shape index (κ1) is 13.0. The summed E-state index contributed by atoms with van der Waals surface area (Å²) in [6.07, 6.45) is 2.18. The summed E-state index contributed by atoms with van der Waals surface area (Å²) in [5, 5.41) is 11.9. The maximum atomic E-state index is 12.3. The largest absolute Gasteiger partial charge is 0.480 e. The van der Waals surface area contributed by atoms with E-state index in [1.165, 1.54) is 16.2 Å². The molecule has 1 aromatic heterocycles. The van der Waals surface area contributed by atoms with Crippen LogP contribution in [0.15, 0.2) is 5.38 Å². The topological polar surface area (TPSA) is 70.5 Å². The maximum Gasteiger partial charge on any atom is 0.329 e. The van der Waals surface area contributed by atoms with Crippen molar-refractivity contribution in [3.63, 3.8) is 0 Å². The Morgan fingerprint density at radius 1 is 1.50 bits per heavy atom. The van der Waals surface area contributed by atoms with Gasteiger partial charge in [0.05, 0.1) is 5.01 Å². The number of likely N-dealkylation sites (tertiary alicyclic amines) is 1. The molecular weight excluding hydrogens is 252 g/mol. The van der Waals surface area contributed by atoms with E-state index in [2.05, 4.69) is 4.98 Å². The van der Waals surface area contributed by atoms with Crippen LogP contribution in [0.1, 0.15) is 41.7 Å². The average molecular weight is 268 g/mol. The molecule has 0 radical (unpaired) electrons. The molecule has 1 aliphatic rings. The second-order valence-corrected chi connectivity index (χ2v) is 5.81. The third-order valence-electron chi connectivity index (χ3n) is 3.44. The number of carbonyl (C=O) groups is 2. The van der Waals surface area contributed by atoms with Crippen molar-refractivity contribution < 1.29 is 14.7 Å². The predicted molar refractivity (Wildman–Crippen MR) is 67.8 cm³/mol. The fourth-order valence-corrected chi connectivity index (χ4v) is 2.86. The Labute approximate surface area is 109 Å². The van der Waals surface area contributed by atoms with Gasteiger partial charge in [-0.15, -0.1) is 11.3 Å². The van der Waals surface area contributed by atoms with Crippen LogP contribution in [-0.2, 0) is 4.79 Å². The normalized spacial score (nSPS) is 24.0. The van der Waals surface area contributed by atoms with Crippen molar-refractivity contribution in [1.29, 1.82) is 0 Å². The van der Waals surface area contributed by atoms with Gasteiger partial charge in [0.1, 0.15) is 11.2 Å². The quantitative estimate of drug-likeness (QED) is 0.889. The summed E-state index contributed by atoms with van der Waals surface area (Å²) < 4.78 is 0. The lowest BCUT2D eigenvalue weighted by molar-refractivity contribution is -0.150. The van der Waals surface area contributed by atoms with Gasteiger partial charge in [-0.1, -0.05) is 0 Å². The molecule has 1 aliphatic heterocycles. The number of hydrogen-bond donors (Lipinski definition) is 1. The number of carboxylic acids is 1. The van der Waals surface area contributed by atoms with Gasteiger partial charge in [0.25, 0.3) is 5.91 Å². The van der Waals surface area contributed by atoms with Crippen LogP contribution in [0.3, 0.4) is 0 Å². The number of carboxylic acid groups (broad SMARTS) is 1. The van der Waals surface area contributed by atoms with Crippen molar-refractivity contribution in [2.45, 2.75) is 38.6 Å². The third kappa shape index (κ3) is 2.12. The summed E-state index contributed by atoms with van der Waals surface area (Å²) in [6, 6.07) is 0. The van der Waals surface area contributed by atoms with E-state index in [1.807, 2.05) is 6.92 Å². The highest BCUT2D eigenvalue weighted by Gasteiger charge is 2.44. The molecule has 1 fully saturated rings. The molecule has 18 heavy (non-hydrogen) atoms. The number of rotatable bonds is 2. The van der Waals surface area contributed by atoms with E-state index >= 15 is 0 Å². The zero-order chi connectivity index (χ0) is 13.3. The van der Waals surface area contributed by atoms with Gasteiger partial charge in [0.15, 0.2) is 0 Å². The number of piperidine rings is 1. The SMILES string of the molecule is Cc1nc(C(=O)N2CCCCC2(C)C(=O)O)cs1. The zero-order valence-electron chi connectivity index (χ0n) is 10.5. The first-order valence-electron chi connectivity index (χ1n) is 5.92. The van der Waals surface area contributed by atoms with Crippen LogP contribution in [0, 0.1) is 6.92 Å². The van der Waals surface area contributed by atoms with Crippen molar-refractivity contribution in [2.75, 3.05) is 6.54 Å². The first-order valence-corrected chi connectivity index (χ1v) is 6.80. The second kappa shape index (κ2) is 4.68. The number of aryl methyl sites for hydroxylation is 1. The number of amides is 1.